The summed E-state index contributed by atoms with van der Waals surface area (Å²) < 4.78 is 39.1. The minimum Gasteiger partial charge on any atom is -0.256 e. The minimum atomic E-state index is -3.57. The molecule has 0 spiro atoms. The van der Waals surface area contributed by atoms with E-state index in [0.717, 1.165) is 6.42 Å². The molecular formula is C17H32O3S2. The maximum Gasteiger partial charge on any atom is 0.187 e. The van der Waals surface area contributed by atoms with Crippen LogP contribution in [0.5, 0.6) is 0 Å². The van der Waals surface area contributed by atoms with Crippen LogP contribution in [0.3, 0.4) is 0 Å². The maximum absolute atomic E-state index is 13.8. The molecule has 2 bridgehead atoms. The van der Waals surface area contributed by atoms with Gasteiger partial charge in [0.15, 0.2) is 18.0 Å². The smallest absolute Gasteiger partial charge is 0.187 e. The van der Waals surface area contributed by atoms with Crippen molar-refractivity contribution in [2.24, 2.45) is 21.7 Å². The number of rotatable bonds is 0. The third kappa shape index (κ3) is 1.41. The summed E-state index contributed by atoms with van der Waals surface area (Å²) >= 11 is 0. The second kappa shape index (κ2) is 4.01. The average molecular weight is 349 g/mol. The molecule has 0 aromatic rings. The molecule has 22 heavy (non-hydrogen) atoms. The van der Waals surface area contributed by atoms with Crippen molar-refractivity contribution in [1.82, 2.24) is 0 Å². The summed E-state index contributed by atoms with van der Waals surface area (Å²) in [6.45, 7) is 19.5. The van der Waals surface area contributed by atoms with Gasteiger partial charge in [0.2, 0.25) is 0 Å². The predicted octanol–water partition coefficient (Wildman–Crippen LogP) is 4.10. The van der Waals surface area contributed by atoms with E-state index in [4.69, 9.17) is 0 Å². The van der Waals surface area contributed by atoms with Crippen LogP contribution in [-0.2, 0) is 20.6 Å². The van der Waals surface area contributed by atoms with Gasteiger partial charge in [0.25, 0.3) is 0 Å². The van der Waals surface area contributed by atoms with E-state index in [1.165, 1.54) is 0 Å². The molecule has 3 rings (SSSR count). The van der Waals surface area contributed by atoms with E-state index in [9.17, 15) is 12.6 Å². The Morgan fingerprint density at radius 2 is 1.05 bits per heavy atom. The summed E-state index contributed by atoms with van der Waals surface area (Å²) in [6.07, 6.45) is 0.763. The predicted molar refractivity (Wildman–Crippen MR) is 93.6 cm³/mol. The molecule has 0 saturated carbocycles. The van der Waals surface area contributed by atoms with Gasteiger partial charge in [-0.3, -0.25) is 4.21 Å². The quantitative estimate of drug-likeness (QED) is 0.662. The van der Waals surface area contributed by atoms with Crippen LogP contribution in [0.2, 0.25) is 0 Å². The highest BCUT2D eigenvalue weighted by Gasteiger charge is 2.92. The number of hydrogen-bond acceptors (Lipinski definition) is 3. The fraction of sp³-hybridized carbons (Fsp3) is 1.00. The Hall–Kier alpha value is 0.1000. The number of fused-ring (bicyclic) bond motifs is 2. The molecule has 3 atom stereocenters. The van der Waals surface area contributed by atoms with Gasteiger partial charge in [0.1, 0.15) is 0 Å². The van der Waals surface area contributed by atoms with E-state index in [1.54, 1.807) is 0 Å². The highest BCUT2D eigenvalue weighted by molar-refractivity contribution is 8.25. The largest absolute Gasteiger partial charge is 0.256 e. The highest BCUT2D eigenvalue weighted by Crippen LogP contribution is 2.79. The zero-order valence-corrected chi connectivity index (χ0v) is 17.4. The van der Waals surface area contributed by atoms with E-state index >= 15 is 0 Å². The van der Waals surface area contributed by atoms with Crippen molar-refractivity contribution in [3.8, 4) is 0 Å². The van der Waals surface area contributed by atoms with Crippen molar-refractivity contribution in [3.05, 3.63) is 0 Å². The molecule has 3 fully saturated rings. The van der Waals surface area contributed by atoms with Crippen molar-refractivity contribution in [1.29, 1.82) is 0 Å². The normalized spacial score (nSPS) is 42.5. The van der Waals surface area contributed by atoms with Crippen LogP contribution >= 0.6 is 0 Å². The lowest BCUT2D eigenvalue weighted by Gasteiger charge is -2.76. The maximum atomic E-state index is 13.8. The lowest BCUT2D eigenvalue weighted by atomic mass is 9.61. The van der Waals surface area contributed by atoms with Gasteiger partial charge in [-0.05, 0) is 28.1 Å². The van der Waals surface area contributed by atoms with Crippen molar-refractivity contribution < 1.29 is 12.6 Å². The molecule has 0 radical (unpaired) electrons. The monoisotopic (exact) mass is 348 g/mol. The molecule has 3 aliphatic heterocycles. The zero-order chi connectivity index (χ0) is 17.8. The number of sulfone groups is 1. The van der Waals surface area contributed by atoms with Crippen LogP contribution in [0.25, 0.3) is 0 Å². The van der Waals surface area contributed by atoms with Gasteiger partial charge < -0.3 is 0 Å². The summed E-state index contributed by atoms with van der Waals surface area (Å²) in [5, 5.41) is 0. The van der Waals surface area contributed by atoms with Crippen LogP contribution in [0.4, 0.5) is 0 Å². The van der Waals surface area contributed by atoms with Crippen LogP contribution < -0.4 is 0 Å². The summed E-state index contributed by atoms with van der Waals surface area (Å²) in [6, 6.07) is 0. The third-order valence-electron chi connectivity index (χ3n) is 5.92. The van der Waals surface area contributed by atoms with Gasteiger partial charge in [-0.1, -0.05) is 69.2 Å². The van der Waals surface area contributed by atoms with Crippen molar-refractivity contribution in [2.75, 3.05) is 0 Å². The van der Waals surface area contributed by atoms with Gasteiger partial charge in [0.05, 0.1) is 10.8 Å². The molecule has 3 saturated heterocycles. The Morgan fingerprint density at radius 1 is 0.773 bits per heavy atom. The second-order valence-corrected chi connectivity index (χ2v) is 15.0. The topological polar surface area (TPSA) is 51.2 Å². The molecule has 3 heterocycles. The highest BCUT2D eigenvalue weighted by atomic mass is 32.3. The zero-order valence-electron chi connectivity index (χ0n) is 15.7. The fourth-order valence-corrected chi connectivity index (χ4v) is 15.3. The van der Waals surface area contributed by atoms with Crippen LogP contribution in [0, 0.1) is 21.7 Å². The molecule has 0 aliphatic carbocycles. The molecule has 3 aliphatic rings. The Kier molecular flexibility index (Phi) is 3.36. The van der Waals surface area contributed by atoms with Gasteiger partial charge in [-0.25, -0.2) is 8.42 Å². The Morgan fingerprint density at radius 3 is 1.23 bits per heavy atom. The molecule has 130 valence electrons. The molecule has 0 N–H and O–H groups in total. The first kappa shape index (κ1) is 18.4. The molecule has 3 nitrogen and oxygen atoms in total. The van der Waals surface area contributed by atoms with E-state index in [0.29, 0.717) is 0 Å². The number of hydrogen-bond donors (Lipinski definition) is 0. The van der Waals surface area contributed by atoms with Crippen LogP contribution in [0.15, 0.2) is 0 Å². The molecule has 1 unspecified atom stereocenters. The van der Waals surface area contributed by atoms with Crippen molar-refractivity contribution >= 4 is 20.6 Å². The molecule has 0 aromatic heterocycles. The lowest BCUT2D eigenvalue weighted by Crippen LogP contribution is -2.90. The van der Waals surface area contributed by atoms with Gasteiger partial charge >= 0.3 is 0 Å². The molecular weight excluding hydrogens is 316 g/mol. The molecule has 5 heteroatoms. The standard InChI is InChI=1S/C17H32O3S2/c1-12(2,3)16-14(7,8)11-15(9,10)17(21(16)18,13(4,5)6)22(16,19)20/h11H2,1-10H3/t16-,17+,21?. The minimum absolute atomic E-state index is 0.522. The third-order valence-corrected chi connectivity index (χ3v) is 15.4. The second-order valence-electron chi connectivity index (χ2n) is 10.4. The first-order valence-corrected chi connectivity index (χ1v) is 10.7. The van der Waals surface area contributed by atoms with E-state index < -0.39 is 50.5 Å². The first-order chi connectivity index (χ1) is 9.36. The van der Waals surface area contributed by atoms with E-state index in [1.807, 2.05) is 69.2 Å². The first-order valence-electron chi connectivity index (χ1n) is 8.02. The van der Waals surface area contributed by atoms with Crippen molar-refractivity contribution in [2.45, 2.75) is 83.8 Å². The van der Waals surface area contributed by atoms with Crippen LogP contribution in [0.1, 0.15) is 75.7 Å². The fourth-order valence-electron chi connectivity index (χ4n) is 6.53. The summed E-state index contributed by atoms with van der Waals surface area (Å²) in [5.41, 5.74) is -2.17. The SMILES string of the molecule is CC(C)(C)[C@@]12S(=O)[C@@](C(C)(C)C)(C(C)(C)CC1(C)C)S2(=O)=O. The Labute approximate surface area is 139 Å². The van der Waals surface area contributed by atoms with Gasteiger partial charge in [0, 0.05) is 0 Å². The molecule has 0 aromatic carbocycles. The summed E-state index contributed by atoms with van der Waals surface area (Å²) in [5.74, 6) is 0. The summed E-state index contributed by atoms with van der Waals surface area (Å²) in [7, 11) is -5.01. The average Bonchev–Trinajstić information content (AvgIpc) is 2.05. The van der Waals surface area contributed by atoms with Crippen LogP contribution in [-0.4, -0.2) is 20.8 Å². The summed E-state index contributed by atoms with van der Waals surface area (Å²) in [4.78, 5) is 0. The Balaban J connectivity index is 2.99. The molecule has 0 amide bonds. The van der Waals surface area contributed by atoms with E-state index in [-0.39, 0.29) is 0 Å². The lowest BCUT2D eigenvalue weighted by molar-refractivity contribution is 0.0232. The van der Waals surface area contributed by atoms with Gasteiger partial charge in [-0.15, -0.1) is 0 Å². The Bertz CT molecular complexity index is 596. The van der Waals surface area contributed by atoms with Crippen molar-refractivity contribution in [3.63, 3.8) is 0 Å². The van der Waals surface area contributed by atoms with E-state index in [2.05, 4.69) is 0 Å². The van der Waals surface area contributed by atoms with Gasteiger partial charge in [-0.2, -0.15) is 0 Å².